The van der Waals surface area contributed by atoms with Crippen molar-refractivity contribution >= 4 is 16.8 Å². The van der Waals surface area contributed by atoms with Gasteiger partial charge in [0, 0.05) is 19.7 Å². The quantitative estimate of drug-likeness (QED) is 0.453. The van der Waals surface area contributed by atoms with E-state index in [0.29, 0.717) is 12.1 Å². The average Bonchev–Trinajstić information content (AvgIpc) is 2.25. The molecule has 0 atom stereocenters. The molecular weight excluding hydrogens is 310 g/mol. The summed E-state index contributed by atoms with van der Waals surface area (Å²) in [7, 11) is 2.86. The van der Waals surface area contributed by atoms with Crippen LogP contribution in [0.1, 0.15) is 16.7 Å². The Morgan fingerprint density at radius 3 is 1.65 bits per heavy atom. The average molecular weight is 319 g/mol. The molecule has 9 heteroatoms. The standard InChI is InChI=1S/C11H9ClF6N2/c1-20(2)19-9(12)6-3-7(10(13,14)15)5-8(4-6)11(16,17)18/h3-5H,1-2H3/b19-9-. The maximum absolute atomic E-state index is 12.6. The van der Waals surface area contributed by atoms with Gasteiger partial charge in [0.25, 0.3) is 0 Å². The summed E-state index contributed by atoms with van der Waals surface area (Å²) in [6.07, 6.45) is -9.82. The van der Waals surface area contributed by atoms with Crippen molar-refractivity contribution in [3.63, 3.8) is 0 Å². The third kappa shape index (κ3) is 4.29. The van der Waals surface area contributed by atoms with Crippen molar-refractivity contribution in [1.82, 2.24) is 5.01 Å². The second-order valence-corrected chi connectivity index (χ2v) is 4.39. The fourth-order valence-electron chi connectivity index (χ4n) is 1.31. The second kappa shape index (κ2) is 5.51. The van der Waals surface area contributed by atoms with Gasteiger partial charge >= 0.3 is 12.4 Å². The Hall–Kier alpha value is -1.44. The molecule has 0 aliphatic rings. The lowest BCUT2D eigenvalue weighted by atomic mass is 10.1. The van der Waals surface area contributed by atoms with Gasteiger partial charge in [-0.05, 0) is 18.2 Å². The molecule has 0 fully saturated rings. The van der Waals surface area contributed by atoms with Crippen LogP contribution in [0.4, 0.5) is 26.3 Å². The maximum atomic E-state index is 12.6. The van der Waals surface area contributed by atoms with Gasteiger partial charge in [-0.15, -0.1) is 0 Å². The van der Waals surface area contributed by atoms with Gasteiger partial charge in [-0.2, -0.15) is 31.4 Å². The first-order valence-corrected chi connectivity index (χ1v) is 5.50. The van der Waals surface area contributed by atoms with Crippen molar-refractivity contribution in [3.8, 4) is 0 Å². The van der Waals surface area contributed by atoms with Gasteiger partial charge in [-0.25, -0.2) is 0 Å². The van der Waals surface area contributed by atoms with Gasteiger partial charge in [0.05, 0.1) is 11.1 Å². The number of hydrogen-bond acceptors (Lipinski definition) is 2. The molecule has 0 aliphatic carbocycles. The summed E-state index contributed by atoms with van der Waals surface area (Å²) in [4.78, 5) is 0. The predicted octanol–water partition coefficient (Wildman–Crippen LogP) is 4.19. The zero-order valence-electron chi connectivity index (χ0n) is 10.3. The van der Waals surface area contributed by atoms with Gasteiger partial charge in [-0.1, -0.05) is 11.6 Å². The number of benzene rings is 1. The monoisotopic (exact) mass is 318 g/mol. The summed E-state index contributed by atoms with van der Waals surface area (Å²) < 4.78 is 75.6. The summed E-state index contributed by atoms with van der Waals surface area (Å²) in [6, 6.07) is 1.07. The van der Waals surface area contributed by atoms with Crippen LogP contribution in [0.2, 0.25) is 0 Å². The molecule has 0 unspecified atom stereocenters. The first kappa shape index (κ1) is 16.6. The highest BCUT2D eigenvalue weighted by Crippen LogP contribution is 2.36. The molecule has 0 aliphatic heterocycles. The largest absolute Gasteiger partial charge is 0.416 e. The van der Waals surface area contributed by atoms with E-state index < -0.39 is 34.2 Å². The SMILES string of the molecule is CN(C)/N=C(\Cl)c1cc(C(F)(F)F)cc(C(F)(F)F)c1. The molecule has 2 nitrogen and oxygen atoms in total. The van der Waals surface area contributed by atoms with E-state index in [1.54, 1.807) is 0 Å². The molecule has 1 aromatic carbocycles. The minimum atomic E-state index is -4.91. The highest BCUT2D eigenvalue weighted by molar-refractivity contribution is 6.69. The predicted molar refractivity (Wildman–Crippen MR) is 62.5 cm³/mol. The zero-order chi connectivity index (χ0) is 15.7. The smallest absolute Gasteiger partial charge is 0.302 e. The van der Waals surface area contributed by atoms with Crippen molar-refractivity contribution in [3.05, 3.63) is 34.9 Å². The molecule has 0 amide bonds. The van der Waals surface area contributed by atoms with E-state index >= 15 is 0 Å². The molecular formula is C11H9ClF6N2. The highest BCUT2D eigenvalue weighted by atomic mass is 35.5. The van der Waals surface area contributed by atoms with Crippen molar-refractivity contribution in [2.24, 2.45) is 5.10 Å². The Bertz CT molecular complexity index is 486. The van der Waals surface area contributed by atoms with Crippen LogP contribution in [-0.4, -0.2) is 24.3 Å². The zero-order valence-corrected chi connectivity index (χ0v) is 11.0. The molecule has 0 spiro atoms. The van der Waals surface area contributed by atoms with Crippen LogP contribution < -0.4 is 0 Å². The van der Waals surface area contributed by atoms with Gasteiger partial charge in [0.15, 0.2) is 5.17 Å². The fraction of sp³-hybridized carbons (Fsp3) is 0.364. The Labute approximate surface area is 115 Å². The topological polar surface area (TPSA) is 15.6 Å². The molecule has 112 valence electrons. The van der Waals surface area contributed by atoms with Gasteiger partial charge < -0.3 is 5.01 Å². The molecule has 0 N–H and O–H groups in total. The Balaban J connectivity index is 3.46. The van der Waals surface area contributed by atoms with Gasteiger partial charge in [-0.3, -0.25) is 0 Å². The molecule has 0 aromatic heterocycles. The fourth-order valence-corrected chi connectivity index (χ4v) is 1.57. The Morgan fingerprint density at radius 2 is 1.35 bits per heavy atom. The van der Waals surface area contributed by atoms with Crippen molar-refractivity contribution in [2.75, 3.05) is 14.1 Å². The number of halogens is 7. The summed E-state index contributed by atoms with van der Waals surface area (Å²) >= 11 is 5.62. The number of hydrogen-bond donors (Lipinski definition) is 0. The first-order chi connectivity index (χ1) is 8.91. The van der Waals surface area contributed by atoms with Crippen molar-refractivity contribution < 1.29 is 26.3 Å². The van der Waals surface area contributed by atoms with Crippen molar-refractivity contribution in [1.29, 1.82) is 0 Å². The van der Waals surface area contributed by atoms with Crippen LogP contribution in [0.15, 0.2) is 23.3 Å². The van der Waals surface area contributed by atoms with Crippen LogP contribution in [0.5, 0.6) is 0 Å². The lowest BCUT2D eigenvalue weighted by Gasteiger charge is -2.14. The molecule has 1 rings (SSSR count). The van der Waals surface area contributed by atoms with E-state index in [-0.39, 0.29) is 6.07 Å². The minimum Gasteiger partial charge on any atom is -0.302 e. The maximum Gasteiger partial charge on any atom is 0.416 e. The molecule has 20 heavy (non-hydrogen) atoms. The Kier molecular flexibility index (Phi) is 4.58. The number of alkyl halides is 6. The molecule has 0 saturated carbocycles. The van der Waals surface area contributed by atoms with Crippen LogP contribution in [0.25, 0.3) is 0 Å². The van der Waals surface area contributed by atoms with Gasteiger partial charge in [0.1, 0.15) is 0 Å². The second-order valence-electron chi connectivity index (χ2n) is 4.03. The van der Waals surface area contributed by atoms with E-state index in [0.717, 1.165) is 5.01 Å². The molecule has 1 aromatic rings. The van der Waals surface area contributed by atoms with Crippen LogP contribution >= 0.6 is 11.6 Å². The first-order valence-electron chi connectivity index (χ1n) is 5.12. The van der Waals surface area contributed by atoms with E-state index in [1.807, 2.05) is 0 Å². The molecule has 0 bridgehead atoms. The van der Waals surface area contributed by atoms with Crippen molar-refractivity contribution in [2.45, 2.75) is 12.4 Å². The third-order valence-corrected chi connectivity index (χ3v) is 2.41. The number of rotatable bonds is 2. The number of nitrogens with zero attached hydrogens (tertiary/aromatic N) is 2. The van der Waals surface area contributed by atoms with Crippen LogP contribution in [0, 0.1) is 0 Å². The van der Waals surface area contributed by atoms with E-state index in [2.05, 4.69) is 5.10 Å². The number of hydrazone groups is 1. The minimum absolute atomic E-state index is 0.0311. The van der Waals surface area contributed by atoms with E-state index in [4.69, 9.17) is 11.6 Å². The van der Waals surface area contributed by atoms with E-state index in [1.165, 1.54) is 14.1 Å². The summed E-state index contributed by atoms with van der Waals surface area (Å²) in [6.45, 7) is 0. The van der Waals surface area contributed by atoms with Crippen LogP contribution in [-0.2, 0) is 12.4 Å². The Morgan fingerprint density at radius 1 is 0.950 bits per heavy atom. The van der Waals surface area contributed by atoms with E-state index in [9.17, 15) is 26.3 Å². The lowest BCUT2D eigenvalue weighted by Crippen LogP contribution is -2.13. The highest BCUT2D eigenvalue weighted by Gasteiger charge is 2.37. The summed E-state index contributed by atoms with van der Waals surface area (Å²) in [5.41, 5.74) is -3.33. The summed E-state index contributed by atoms with van der Waals surface area (Å²) in [5.74, 6) is 0. The summed E-state index contributed by atoms with van der Waals surface area (Å²) in [5, 5.41) is 4.27. The molecule has 0 radical (unpaired) electrons. The third-order valence-electron chi connectivity index (χ3n) is 2.11. The lowest BCUT2D eigenvalue weighted by molar-refractivity contribution is -0.143. The van der Waals surface area contributed by atoms with Gasteiger partial charge in [0.2, 0.25) is 0 Å². The van der Waals surface area contributed by atoms with Crippen LogP contribution in [0.3, 0.4) is 0 Å². The molecule has 0 heterocycles. The molecule has 0 saturated heterocycles. The normalized spacial score (nSPS) is 13.6.